The average molecular weight is 304 g/mol. The third-order valence-corrected chi connectivity index (χ3v) is 3.43. The van der Waals surface area contributed by atoms with Crippen molar-refractivity contribution in [2.75, 3.05) is 11.1 Å². The molecule has 3 rings (SSSR count). The van der Waals surface area contributed by atoms with E-state index in [0.29, 0.717) is 22.3 Å². The zero-order valence-corrected chi connectivity index (χ0v) is 11.5. The van der Waals surface area contributed by atoms with Crippen LogP contribution in [0.2, 0.25) is 5.02 Å². The number of hydrogen-bond acceptors (Lipinski definition) is 2. The molecule has 0 fully saturated rings. The number of aromatic nitrogens is 1. The van der Waals surface area contributed by atoms with Crippen LogP contribution in [0, 0.1) is 5.82 Å². The Morgan fingerprint density at radius 1 is 1.24 bits per heavy atom. The van der Waals surface area contributed by atoms with Gasteiger partial charge in [0.1, 0.15) is 5.82 Å². The van der Waals surface area contributed by atoms with E-state index in [-0.39, 0.29) is 10.9 Å². The van der Waals surface area contributed by atoms with Crippen molar-refractivity contribution in [2.45, 2.75) is 0 Å². The van der Waals surface area contributed by atoms with Crippen LogP contribution in [-0.4, -0.2) is 10.9 Å². The zero-order chi connectivity index (χ0) is 15.0. The summed E-state index contributed by atoms with van der Waals surface area (Å²) < 4.78 is 13.4. The summed E-state index contributed by atoms with van der Waals surface area (Å²) >= 11 is 5.61. The van der Waals surface area contributed by atoms with Crippen molar-refractivity contribution < 1.29 is 9.18 Å². The standard InChI is InChI=1S/C15H11ClFN3O/c16-12-3-2-9(6-13(12)17)20-15(21)11-7-19-14-4-1-8(18)5-10(11)14/h1-7,19H,18H2,(H,20,21). The summed E-state index contributed by atoms with van der Waals surface area (Å²) in [6.07, 6.45) is 1.59. The summed E-state index contributed by atoms with van der Waals surface area (Å²) in [5, 5.41) is 3.34. The Balaban J connectivity index is 1.93. The maximum absolute atomic E-state index is 13.4. The van der Waals surface area contributed by atoms with E-state index in [1.807, 2.05) is 0 Å². The van der Waals surface area contributed by atoms with E-state index in [9.17, 15) is 9.18 Å². The highest BCUT2D eigenvalue weighted by molar-refractivity contribution is 6.30. The van der Waals surface area contributed by atoms with Gasteiger partial charge in [0.05, 0.1) is 10.6 Å². The van der Waals surface area contributed by atoms with E-state index in [1.54, 1.807) is 24.4 Å². The number of halogens is 2. The summed E-state index contributed by atoms with van der Waals surface area (Å²) in [6.45, 7) is 0. The number of benzene rings is 2. The minimum Gasteiger partial charge on any atom is -0.399 e. The molecule has 0 saturated heterocycles. The van der Waals surface area contributed by atoms with Crippen LogP contribution in [-0.2, 0) is 0 Å². The molecule has 0 saturated carbocycles. The van der Waals surface area contributed by atoms with E-state index in [0.717, 1.165) is 5.52 Å². The first-order chi connectivity index (χ1) is 10.0. The molecule has 4 nitrogen and oxygen atoms in total. The molecular formula is C15H11ClFN3O. The number of fused-ring (bicyclic) bond motifs is 1. The lowest BCUT2D eigenvalue weighted by atomic mass is 10.1. The quantitative estimate of drug-likeness (QED) is 0.630. The van der Waals surface area contributed by atoms with Crippen molar-refractivity contribution in [3.63, 3.8) is 0 Å². The van der Waals surface area contributed by atoms with Gasteiger partial charge in [-0.25, -0.2) is 4.39 Å². The van der Waals surface area contributed by atoms with Gasteiger partial charge in [-0.1, -0.05) is 11.6 Å². The molecule has 0 radical (unpaired) electrons. The highest BCUT2D eigenvalue weighted by Gasteiger charge is 2.13. The maximum atomic E-state index is 13.4. The zero-order valence-electron chi connectivity index (χ0n) is 10.8. The van der Waals surface area contributed by atoms with Gasteiger partial charge in [-0.05, 0) is 36.4 Å². The third-order valence-electron chi connectivity index (χ3n) is 3.13. The van der Waals surface area contributed by atoms with E-state index in [1.165, 1.54) is 18.2 Å². The van der Waals surface area contributed by atoms with Gasteiger partial charge in [0.2, 0.25) is 0 Å². The molecule has 0 unspecified atom stereocenters. The number of carbonyl (C=O) groups excluding carboxylic acids is 1. The second-order valence-corrected chi connectivity index (χ2v) is 5.00. The first-order valence-corrected chi connectivity index (χ1v) is 6.55. The molecule has 0 spiro atoms. The van der Waals surface area contributed by atoms with Gasteiger partial charge in [0, 0.05) is 28.5 Å². The molecule has 21 heavy (non-hydrogen) atoms. The minimum absolute atomic E-state index is 0.00728. The second kappa shape index (κ2) is 5.10. The number of nitrogens with one attached hydrogen (secondary N) is 2. The number of nitrogens with two attached hydrogens (primary N) is 1. The van der Waals surface area contributed by atoms with Crippen molar-refractivity contribution in [1.29, 1.82) is 0 Å². The van der Waals surface area contributed by atoms with E-state index < -0.39 is 5.82 Å². The summed E-state index contributed by atoms with van der Waals surface area (Å²) in [7, 11) is 0. The number of rotatable bonds is 2. The fourth-order valence-corrected chi connectivity index (χ4v) is 2.22. The number of nitrogen functional groups attached to an aromatic ring is 1. The van der Waals surface area contributed by atoms with Gasteiger partial charge in [0.25, 0.3) is 5.91 Å². The lowest BCUT2D eigenvalue weighted by molar-refractivity contribution is 0.102. The molecule has 0 aliphatic carbocycles. The fourth-order valence-electron chi connectivity index (χ4n) is 2.10. The molecule has 1 heterocycles. The minimum atomic E-state index is -0.586. The molecule has 4 N–H and O–H groups in total. The Hall–Kier alpha value is -2.53. The van der Waals surface area contributed by atoms with Gasteiger partial charge in [-0.15, -0.1) is 0 Å². The molecule has 0 atom stereocenters. The smallest absolute Gasteiger partial charge is 0.257 e. The first kappa shape index (κ1) is 13.5. The van der Waals surface area contributed by atoms with Crippen molar-refractivity contribution in [3.05, 3.63) is 59.0 Å². The van der Waals surface area contributed by atoms with Gasteiger partial charge in [-0.2, -0.15) is 0 Å². The van der Waals surface area contributed by atoms with Crippen LogP contribution in [0.4, 0.5) is 15.8 Å². The normalized spacial score (nSPS) is 10.8. The molecular weight excluding hydrogens is 293 g/mol. The van der Waals surface area contributed by atoms with Crippen LogP contribution in [0.1, 0.15) is 10.4 Å². The first-order valence-electron chi connectivity index (χ1n) is 6.17. The van der Waals surface area contributed by atoms with E-state index in [4.69, 9.17) is 17.3 Å². The second-order valence-electron chi connectivity index (χ2n) is 4.59. The lowest BCUT2D eigenvalue weighted by Crippen LogP contribution is -2.11. The molecule has 0 bridgehead atoms. The molecule has 0 aliphatic rings. The Labute approximate surface area is 124 Å². The van der Waals surface area contributed by atoms with Crippen LogP contribution in [0.5, 0.6) is 0 Å². The number of aromatic amines is 1. The van der Waals surface area contributed by atoms with Crippen molar-refractivity contribution in [3.8, 4) is 0 Å². The van der Waals surface area contributed by atoms with Crippen LogP contribution < -0.4 is 11.1 Å². The number of H-pyrrole nitrogens is 1. The summed E-state index contributed by atoms with van der Waals surface area (Å²) in [4.78, 5) is 15.3. The highest BCUT2D eigenvalue weighted by atomic mass is 35.5. The molecule has 1 amide bonds. The van der Waals surface area contributed by atoms with Crippen molar-refractivity contribution in [2.24, 2.45) is 0 Å². The molecule has 1 aromatic heterocycles. The lowest BCUT2D eigenvalue weighted by Gasteiger charge is -2.05. The van der Waals surface area contributed by atoms with Crippen LogP contribution in [0.25, 0.3) is 10.9 Å². The SMILES string of the molecule is Nc1ccc2[nH]cc(C(=O)Nc3ccc(Cl)c(F)c3)c2c1. The average Bonchev–Trinajstić information content (AvgIpc) is 2.86. The number of anilines is 2. The molecule has 0 aliphatic heterocycles. The Bertz CT molecular complexity index is 844. The van der Waals surface area contributed by atoms with Crippen LogP contribution >= 0.6 is 11.6 Å². The number of hydrogen-bond donors (Lipinski definition) is 3. The van der Waals surface area contributed by atoms with Crippen molar-refractivity contribution in [1.82, 2.24) is 4.98 Å². The predicted molar refractivity (Wildman–Crippen MR) is 82.1 cm³/mol. The summed E-state index contributed by atoms with van der Waals surface area (Å²) in [5.74, 6) is -0.939. The summed E-state index contributed by atoms with van der Waals surface area (Å²) in [5.41, 5.74) is 7.87. The van der Waals surface area contributed by atoms with E-state index >= 15 is 0 Å². The van der Waals surface area contributed by atoms with Gasteiger partial charge in [0.15, 0.2) is 0 Å². The van der Waals surface area contributed by atoms with Gasteiger partial charge < -0.3 is 16.0 Å². The highest BCUT2D eigenvalue weighted by Crippen LogP contribution is 2.23. The Morgan fingerprint density at radius 3 is 2.81 bits per heavy atom. The van der Waals surface area contributed by atoms with Gasteiger partial charge in [-0.3, -0.25) is 4.79 Å². The van der Waals surface area contributed by atoms with Crippen LogP contribution in [0.15, 0.2) is 42.6 Å². The van der Waals surface area contributed by atoms with Crippen LogP contribution in [0.3, 0.4) is 0 Å². The summed E-state index contributed by atoms with van der Waals surface area (Å²) in [6, 6.07) is 9.34. The Kier molecular flexibility index (Phi) is 3.27. The fraction of sp³-hybridized carbons (Fsp3) is 0. The van der Waals surface area contributed by atoms with E-state index in [2.05, 4.69) is 10.3 Å². The predicted octanol–water partition coefficient (Wildman–Crippen LogP) is 3.79. The molecule has 3 aromatic rings. The maximum Gasteiger partial charge on any atom is 0.257 e. The monoisotopic (exact) mass is 303 g/mol. The molecule has 2 aromatic carbocycles. The number of amides is 1. The van der Waals surface area contributed by atoms with Gasteiger partial charge >= 0.3 is 0 Å². The molecule has 6 heteroatoms. The Morgan fingerprint density at radius 2 is 2.05 bits per heavy atom. The van der Waals surface area contributed by atoms with Crippen molar-refractivity contribution >= 4 is 39.8 Å². The third kappa shape index (κ3) is 2.55. The molecule has 106 valence electrons. The number of carbonyl (C=O) groups is 1. The topological polar surface area (TPSA) is 70.9 Å². The largest absolute Gasteiger partial charge is 0.399 e.